The van der Waals surface area contributed by atoms with Crippen LogP contribution in [0.5, 0.6) is 0 Å². The Balaban J connectivity index is 1.29. The van der Waals surface area contributed by atoms with Gasteiger partial charge in [0, 0.05) is 37.0 Å². The molecule has 0 radical (unpaired) electrons. The molecule has 4 N–H and O–H groups in total. The summed E-state index contributed by atoms with van der Waals surface area (Å²) in [5.41, 5.74) is 5.70. The molecule has 28 heavy (non-hydrogen) atoms. The zero-order valence-corrected chi connectivity index (χ0v) is 14.7. The molecule has 1 saturated carbocycles. The molecule has 9 heteroatoms. The summed E-state index contributed by atoms with van der Waals surface area (Å²) in [7, 11) is 0. The Bertz CT molecular complexity index is 926. The van der Waals surface area contributed by atoms with Gasteiger partial charge < -0.3 is 21.3 Å². The number of nitrogens with two attached hydrogens (primary N) is 1. The van der Waals surface area contributed by atoms with Crippen LogP contribution < -0.4 is 21.3 Å². The van der Waals surface area contributed by atoms with Gasteiger partial charge in [0.25, 0.3) is 0 Å². The number of benzene rings is 2. The summed E-state index contributed by atoms with van der Waals surface area (Å²) < 4.78 is 53.9. The molecule has 1 amide bonds. The lowest BCUT2D eigenvalue weighted by molar-refractivity contribution is -0.119. The Morgan fingerprint density at radius 2 is 1.79 bits per heavy atom. The summed E-state index contributed by atoms with van der Waals surface area (Å²) in [6, 6.07) is 5.55. The zero-order chi connectivity index (χ0) is 20.0. The van der Waals surface area contributed by atoms with Crippen LogP contribution in [0, 0.1) is 35.1 Å². The van der Waals surface area contributed by atoms with E-state index >= 15 is 0 Å². The average Bonchev–Trinajstić information content (AvgIpc) is 3.08. The number of hydrogen-bond donors (Lipinski definition) is 3. The third kappa shape index (κ3) is 3.32. The van der Waals surface area contributed by atoms with E-state index in [0.717, 1.165) is 12.1 Å². The summed E-state index contributed by atoms with van der Waals surface area (Å²) in [4.78, 5) is 13.9. The van der Waals surface area contributed by atoms with Gasteiger partial charge in [0.05, 0.1) is 23.6 Å². The number of halogens is 4. The van der Waals surface area contributed by atoms with Gasteiger partial charge in [0.1, 0.15) is 11.6 Å². The van der Waals surface area contributed by atoms with Crippen molar-refractivity contribution in [2.24, 2.45) is 11.8 Å². The highest BCUT2D eigenvalue weighted by Gasteiger charge is 2.56. The Labute approximate surface area is 158 Å². The molecule has 5 nitrogen and oxygen atoms in total. The van der Waals surface area contributed by atoms with Gasteiger partial charge in [0.15, 0.2) is 11.6 Å². The summed E-state index contributed by atoms with van der Waals surface area (Å²) >= 11 is 0. The number of nitrogens with zero attached hydrogens (tertiary/aromatic N) is 1. The second kappa shape index (κ2) is 6.88. The van der Waals surface area contributed by atoms with Crippen molar-refractivity contribution in [3.63, 3.8) is 0 Å². The van der Waals surface area contributed by atoms with Crippen LogP contribution in [0.1, 0.15) is 0 Å². The molecule has 1 aliphatic heterocycles. The Kier molecular flexibility index (Phi) is 4.52. The summed E-state index contributed by atoms with van der Waals surface area (Å²) in [6.45, 7) is 0.852. The van der Waals surface area contributed by atoms with Gasteiger partial charge in [0.2, 0.25) is 5.91 Å². The van der Waals surface area contributed by atoms with Crippen molar-refractivity contribution >= 4 is 23.0 Å². The maximum Gasteiger partial charge on any atom is 0.239 e. The van der Waals surface area contributed by atoms with E-state index in [2.05, 4.69) is 10.6 Å². The maximum absolute atomic E-state index is 13.9. The van der Waals surface area contributed by atoms with Crippen LogP contribution >= 0.6 is 0 Å². The van der Waals surface area contributed by atoms with Gasteiger partial charge in [-0.2, -0.15) is 0 Å². The van der Waals surface area contributed by atoms with Crippen LogP contribution in [0.4, 0.5) is 34.6 Å². The first kappa shape index (κ1) is 18.4. The number of amides is 1. The molecule has 1 aliphatic carbocycles. The smallest absolute Gasteiger partial charge is 0.239 e. The number of carbonyl (C=O) groups is 1. The minimum atomic E-state index is -1.13. The molecule has 4 rings (SSSR count). The van der Waals surface area contributed by atoms with Crippen LogP contribution in [0.3, 0.4) is 0 Å². The number of nitrogen functional groups attached to an aromatic ring is 1. The molecule has 2 aromatic carbocycles. The number of fused-ring (bicyclic) bond motifs is 1. The van der Waals surface area contributed by atoms with Crippen molar-refractivity contribution < 1.29 is 22.4 Å². The lowest BCUT2D eigenvalue weighted by atomic mass is 10.2. The van der Waals surface area contributed by atoms with E-state index in [-0.39, 0.29) is 41.7 Å². The van der Waals surface area contributed by atoms with Gasteiger partial charge in [-0.1, -0.05) is 0 Å². The number of hydrogen-bond acceptors (Lipinski definition) is 4. The molecule has 1 heterocycles. The van der Waals surface area contributed by atoms with Gasteiger partial charge in [-0.25, -0.2) is 17.6 Å². The average molecular weight is 394 g/mol. The molecular formula is C19H18F4N4O. The van der Waals surface area contributed by atoms with Crippen molar-refractivity contribution in [2.45, 2.75) is 6.04 Å². The molecule has 2 aliphatic rings. The largest absolute Gasteiger partial charge is 0.397 e. The monoisotopic (exact) mass is 394 g/mol. The van der Waals surface area contributed by atoms with Gasteiger partial charge >= 0.3 is 0 Å². The standard InChI is InChI=1S/C19H18F4N4O/c20-9-1-4-15(13(22)5-9)27-7-10-11(8-27)18(10)26-16(28)6-25-19-14(24)3-2-12(21)17(19)23/h1-5,10-11,18,25H,6-8,24H2,(H,26,28). The van der Waals surface area contributed by atoms with E-state index in [1.54, 1.807) is 0 Å². The number of anilines is 3. The minimum absolute atomic E-state index is 0.00644. The molecule has 1 saturated heterocycles. The van der Waals surface area contributed by atoms with Crippen molar-refractivity contribution in [1.82, 2.24) is 5.32 Å². The molecule has 0 aromatic heterocycles. The third-order valence-corrected chi connectivity index (χ3v) is 5.32. The first-order valence-corrected chi connectivity index (χ1v) is 8.82. The molecule has 0 bridgehead atoms. The molecule has 2 atom stereocenters. The van der Waals surface area contributed by atoms with Crippen LogP contribution in [-0.2, 0) is 4.79 Å². The fourth-order valence-corrected chi connectivity index (χ4v) is 3.83. The highest BCUT2D eigenvalue weighted by molar-refractivity contribution is 5.83. The quantitative estimate of drug-likeness (QED) is 0.538. The summed E-state index contributed by atoms with van der Waals surface area (Å²) in [6.07, 6.45) is 0. The van der Waals surface area contributed by atoms with Crippen LogP contribution in [0.25, 0.3) is 0 Å². The van der Waals surface area contributed by atoms with E-state index in [9.17, 15) is 22.4 Å². The van der Waals surface area contributed by atoms with Crippen LogP contribution in [-0.4, -0.2) is 31.6 Å². The van der Waals surface area contributed by atoms with E-state index in [1.807, 2.05) is 4.90 Å². The van der Waals surface area contributed by atoms with Crippen molar-refractivity contribution in [3.05, 3.63) is 53.6 Å². The Morgan fingerprint density at radius 1 is 1.07 bits per heavy atom. The van der Waals surface area contributed by atoms with Gasteiger partial charge in [-0.3, -0.25) is 4.79 Å². The second-order valence-corrected chi connectivity index (χ2v) is 7.10. The predicted molar refractivity (Wildman–Crippen MR) is 96.7 cm³/mol. The molecular weight excluding hydrogens is 376 g/mol. The maximum atomic E-state index is 13.9. The highest BCUT2D eigenvalue weighted by Crippen LogP contribution is 2.47. The number of carbonyl (C=O) groups excluding carboxylic acids is 1. The zero-order valence-electron chi connectivity index (χ0n) is 14.7. The summed E-state index contributed by atoms with van der Waals surface area (Å²) in [5, 5.41) is 5.36. The van der Waals surface area contributed by atoms with Crippen molar-refractivity contribution in [3.8, 4) is 0 Å². The highest BCUT2D eigenvalue weighted by atomic mass is 19.2. The number of piperidine rings is 1. The SMILES string of the molecule is Nc1ccc(F)c(F)c1NCC(=O)NC1C2CN(c3ccc(F)cc3F)CC21. The topological polar surface area (TPSA) is 70.4 Å². The van der Waals surface area contributed by atoms with E-state index in [0.29, 0.717) is 18.8 Å². The number of nitrogens with one attached hydrogen (secondary N) is 2. The fourth-order valence-electron chi connectivity index (χ4n) is 3.83. The fraction of sp³-hybridized carbons (Fsp3) is 0.316. The molecule has 2 fully saturated rings. The normalized spacial score (nSPS) is 22.7. The van der Waals surface area contributed by atoms with Crippen molar-refractivity contribution in [2.75, 3.05) is 35.6 Å². The predicted octanol–water partition coefficient (Wildman–Crippen LogP) is 2.49. The van der Waals surface area contributed by atoms with Crippen LogP contribution in [0.2, 0.25) is 0 Å². The first-order valence-electron chi connectivity index (χ1n) is 8.82. The van der Waals surface area contributed by atoms with E-state index in [4.69, 9.17) is 5.73 Å². The Hall–Kier alpha value is -2.97. The van der Waals surface area contributed by atoms with Gasteiger partial charge in [-0.05, 0) is 24.3 Å². The van der Waals surface area contributed by atoms with Crippen LogP contribution in [0.15, 0.2) is 30.3 Å². The molecule has 0 spiro atoms. The molecule has 2 unspecified atom stereocenters. The lowest BCUT2D eigenvalue weighted by Crippen LogP contribution is -2.37. The summed E-state index contributed by atoms with van der Waals surface area (Å²) in [5.74, 6) is -3.45. The Morgan fingerprint density at radius 3 is 2.46 bits per heavy atom. The van der Waals surface area contributed by atoms with E-state index in [1.165, 1.54) is 18.2 Å². The molecule has 2 aromatic rings. The second-order valence-electron chi connectivity index (χ2n) is 7.10. The van der Waals surface area contributed by atoms with Gasteiger partial charge in [-0.15, -0.1) is 0 Å². The van der Waals surface area contributed by atoms with Crippen molar-refractivity contribution in [1.29, 1.82) is 0 Å². The lowest BCUT2D eigenvalue weighted by Gasteiger charge is -2.23. The first-order chi connectivity index (χ1) is 13.3. The minimum Gasteiger partial charge on any atom is -0.397 e. The number of rotatable bonds is 5. The molecule has 148 valence electrons. The van der Waals surface area contributed by atoms with E-state index < -0.39 is 23.3 Å². The third-order valence-electron chi connectivity index (χ3n) is 5.32.